The van der Waals surface area contributed by atoms with Crippen LogP contribution >= 0.6 is 12.2 Å². The Morgan fingerprint density at radius 3 is 2.42 bits per heavy atom. The molecule has 3 aromatic carbocycles. The van der Waals surface area contributed by atoms with Crippen LogP contribution in [0.5, 0.6) is 0 Å². The van der Waals surface area contributed by atoms with Gasteiger partial charge < -0.3 is 9.88 Å². The van der Waals surface area contributed by atoms with E-state index in [4.69, 9.17) is 17.3 Å². The summed E-state index contributed by atoms with van der Waals surface area (Å²) in [5.41, 5.74) is 4.53. The Balaban J connectivity index is 1.49. The van der Waals surface area contributed by atoms with Crippen molar-refractivity contribution in [1.82, 2.24) is 24.2 Å². The lowest BCUT2D eigenvalue weighted by Crippen LogP contribution is -2.26. The number of rotatable bonds is 6. The van der Waals surface area contributed by atoms with Crippen LogP contribution in [0.25, 0.3) is 27.8 Å². The molecule has 0 fully saturated rings. The van der Waals surface area contributed by atoms with Gasteiger partial charge in [0, 0.05) is 43.0 Å². The number of hydrogen-bond donors (Lipinski definition) is 1. The zero-order valence-corrected chi connectivity index (χ0v) is 20.8. The molecule has 2 heterocycles. The predicted octanol–water partition coefficient (Wildman–Crippen LogP) is 5.20. The lowest BCUT2D eigenvalue weighted by Gasteiger charge is -2.17. The third-order valence-electron chi connectivity index (χ3n) is 6.16. The molecule has 0 aliphatic rings. The molecule has 0 saturated heterocycles. The van der Waals surface area contributed by atoms with Crippen LogP contribution < -0.4 is 5.56 Å². The topological polar surface area (TPSA) is 75.9 Å². The van der Waals surface area contributed by atoms with Crippen molar-refractivity contribution in [2.75, 3.05) is 7.05 Å². The summed E-state index contributed by atoms with van der Waals surface area (Å²) in [4.78, 5) is 30.8. The van der Waals surface area contributed by atoms with Gasteiger partial charge in [0.1, 0.15) is 0 Å². The fourth-order valence-electron chi connectivity index (χ4n) is 4.30. The summed E-state index contributed by atoms with van der Waals surface area (Å²) in [6, 6.07) is 24.9. The molecule has 180 valence electrons. The number of aromatic nitrogens is 4. The predicted molar refractivity (Wildman–Crippen MR) is 144 cm³/mol. The molecular weight excluding hydrogens is 470 g/mol. The van der Waals surface area contributed by atoms with E-state index >= 15 is 0 Å². The number of nitrogens with zero attached hydrogens (tertiary/aromatic N) is 4. The van der Waals surface area contributed by atoms with Crippen LogP contribution in [0.1, 0.15) is 22.8 Å². The Hall–Kier alpha value is -4.30. The molecule has 0 saturated carbocycles. The lowest BCUT2D eigenvalue weighted by molar-refractivity contribution is 0.0785. The van der Waals surface area contributed by atoms with Crippen molar-refractivity contribution in [3.8, 4) is 16.9 Å². The monoisotopic (exact) mass is 495 g/mol. The smallest absolute Gasteiger partial charge is 0.262 e. The van der Waals surface area contributed by atoms with Crippen LogP contribution in [0.3, 0.4) is 0 Å². The van der Waals surface area contributed by atoms with E-state index < -0.39 is 0 Å². The fourth-order valence-corrected chi connectivity index (χ4v) is 4.62. The minimum Gasteiger partial charge on any atom is -0.337 e. The van der Waals surface area contributed by atoms with Crippen molar-refractivity contribution in [3.05, 3.63) is 111 Å². The molecule has 0 unspecified atom stereocenters. The quantitative estimate of drug-likeness (QED) is 0.329. The van der Waals surface area contributed by atoms with Crippen LogP contribution in [-0.4, -0.2) is 37.2 Å². The van der Waals surface area contributed by atoms with Crippen LogP contribution in [0, 0.1) is 4.77 Å². The maximum Gasteiger partial charge on any atom is 0.262 e. The summed E-state index contributed by atoms with van der Waals surface area (Å²) < 4.78 is 3.68. The molecule has 7 nitrogen and oxygen atoms in total. The second-order valence-corrected chi connectivity index (χ2v) is 8.94. The molecule has 2 aromatic heterocycles. The third-order valence-corrected chi connectivity index (χ3v) is 6.48. The average molecular weight is 496 g/mol. The zero-order chi connectivity index (χ0) is 25.2. The fraction of sp³-hybridized carbons (Fsp3) is 0.143. The molecule has 0 atom stereocenters. The first-order chi connectivity index (χ1) is 17.5. The standard InChI is InChI=1S/C28H25N5O2S/c1-3-32-27(35)23-15-14-20(16-24(23)29-28(32)36)26(34)31(2)17-21-18-33(22-12-8-5-9-13-22)30-25(21)19-10-6-4-7-11-19/h4-16,18H,3,17H2,1-2H3,(H,29,36). The minimum atomic E-state index is -0.164. The molecule has 1 amide bonds. The number of fused-ring (bicyclic) bond motifs is 1. The van der Waals surface area contributed by atoms with E-state index in [0.29, 0.717) is 34.3 Å². The van der Waals surface area contributed by atoms with Crippen molar-refractivity contribution < 1.29 is 4.79 Å². The molecule has 5 aromatic rings. The molecule has 8 heteroatoms. The Bertz CT molecular complexity index is 1670. The number of aromatic amines is 1. The first-order valence-corrected chi connectivity index (χ1v) is 12.1. The van der Waals surface area contributed by atoms with Crippen molar-refractivity contribution >= 4 is 29.0 Å². The molecule has 36 heavy (non-hydrogen) atoms. The van der Waals surface area contributed by atoms with Gasteiger partial charge in [0.2, 0.25) is 0 Å². The van der Waals surface area contributed by atoms with Crippen LogP contribution in [0.2, 0.25) is 0 Å². The minimum absolute atomic E-state index is 0.163. The highest BCUT2D eigenvalue weighted by molar-refractivity contribution is 7.71. The van der Waals surface area contributed by atoms with E-state index in [0.717, 1.165) is 22.5 Å². The maximum atomic E-state index is 13.4. The molecule has 0 radical (unpaired) electrons. The van der Waals surface area contributed by atoms with E-state index in [1.54, 1.807) is 30.1 Å². The summed E-state index contributed by atoms with van der Waals surface area (Å²) in [5, 5.41) is 5.34. The molecule has 0 aliphatic heterocycles. The van der Waals surface area contributed by atoms with E-state index in [2.05, 4.69) is 4.98 Å². The first-order valence-electron chi connectivity index (χ1n) is 11.7. The molecule has 0 bridgehead atoms. The van der Waals surface area contributed by atoms with Crippen LogP contribution in [0.4, 0.5) is 0 Å². The summed E-state index contributed by atoms with van der Waals surface area (Å²) in [6.07, 6.45) is 1.96. The van der Waals surface area contributed by atoms with Gasteiger partial charge in [-0.2, -0.15) is 5.10 Å². The van der Waals surface area contributed by atoms with Gasteiger partial charge in [-0.3, -0.25) is 14.2 Å². The highest BCUT2D eigenvalue weighted by atomic mass is 32.1. The number of benzene rings is 3. The number of carbonyl (C=O) groups excluding carboxylic acids is 1. The number of nitrogens with one attached hydrogen (secondary N) is 1. The third kappa shape index (κ3) is 4.38. The van der Waals surface area contributed by atoms with Crippen molar-refractivity contribution in [2.45, 2.75) is 20.0 Å². The van der Waals surface area contributed by atoms with Gasteiger partial charge in [-0.25, -0.2) is 4.68 Å². The summed E-state index contributed by atoms with van der Waals surface area (Å²) in [7, 11) is 1.76. The van der Waals surface area contributed by atoms with Gasteiger partial charge in [-0.15, -0.1) is 0 Å². The van der Waals surface area contributed by atoms with E-state index in [-0.39, 0.29) is 11.5 Å². The van der Waals surface area contributed by atoms with Crippen molar-refractivity contribution in [3.63, 3.8) is 0 Å². The van der Waals surface area contributed by atoms with E-state index in [1.807, 2.05) is 78.5 Å². The van der Waals surface area contributed by atoms with Gasteiger partial charge in [0.15, 0.2) is 4.77 Å². The van der Waals surface area contributed by atoms with Gasteiger partial charge in [-0.05, 0) is 49.5 Å². The molecule has 0 spiro atoms. The Labute approximate surface area is 213 Å². The molecule has 5 rings (SSSR count). The number of amides is 1. The largest absolute Gasteiger partial charge is 0.337 e. The number of H-pyrrole nitrogens is 1. The normalized spacial score (nSPS) is 11.1. The Morgan fingerprint density at radius 2 is 1.72 bits per heavy atom. The first kappa shape index (κ1) is 23.4. The molecule has 1 N–H and O–H groups in total. The van der Waals surface area contributed by atoms with Crippen LogP contribution in [0.15, 0.2) is 89.9 Å². The zero-order valence-electron chi connectivity index (χ0n) is 20.0. The highest BCUT2D eigenvalue weighted by Crippen LogP contribution is 2.25. The van der Waals surface area contributed by atoms with Gasteiger partial charge in [0.05, 0.1) is 22.3 Å². The van der Waals surface area contributed by atoms with Crippen molar-refractivity contribution in [1.29, 1.82) is 0 Å². The SMILES string of the molecule is CCn1c(=S)[nH]c2cc(C(=O)N(C)Cc3cn(-c4ccccc4)nc3-c3ccccc3)ccc2c1=O. The summed E-state index contributed by atoms with van der Waals surface area (Å²) in [6.45, 7) is 2.71. The lowest BCUT2D eigenvalue weighted by atomic mass is 10.1. The van der Waals surface area contributed by atoms with Crippen LogP contribution in [-0.2, 0) is 13.1 Å². The number of para-hydroxylation sites is 1. The van der Waals surface area contributed by atoms with Crippen molar-refractivity contribution in [2.24, 2.45) is 0 Å². The molecular formula is C28H25N5O2S. The second kappa shape index (κ2) is 9.75. The average Bonchev–Trinajstić information content (AvgIpc) is 3.33. The second-order valence-electron chi connectivity index (χ2n) is 8.55. The Morgan fingerprint density at radius 1 is 1.03 bits per heavy atom. The molecule has 0 aliphatic carbocycles. The maximum absolute atomic E-state index is 13.4. The summed E-state index contributed by atoms with van der Waals surface area (Å²) >= 11 is 5.32. The number of carbonyl (C=O) groups is 1. The van der Waals surface area contributed by atoms with Gasteiger partial charge >= 0.3 is 0 Å². The van der Waals surface area contributed by atoms with Gasteiger partial charge in [0.25, 0.3) is 11.5 Å². The van der Waals surface area contributed by atoms with Gasteiger partial charge in [-0.1, -0.05) is 48.5 Å². The van der Waals surface area contributed by atoms with E-state index in [9.17, 15) is 9.59 Å². The number of hydrogen-bond acceptors (Lipinski definition) is 4. The highest BCUT2D eigenvalue weighted by Gasteiger charge is 2.19. The Kier molecular flexibility index (Phi) is 6.35. The van der Waals surface area contributed by atoms with E-state index in [1.165, 1.54) is 4.57 Å². The summed E-state index contributed by atoms with van der Waals surface area (Å²) in [5.74, 6) is -0.164.